The lowest BCUT2D eigenvalue weighted by atomic mass is 10.0. The van der Waals surface area contributed by atoms with Crippen LogP contribution in [0.1, 0.15) is 129 Å². The molecule has 0 aromatic heterocycles. The van der Waals surface area contributed by atoms with E-state index in [4.69, 9.17) is 56.8 Å². The van der Waals surface area contributed by atoms with Crippen LogP contribution in [0, 0.1) is 0 Å². The van der Waals surface area contributed by atoms with Crippen molar-refractivity contribution in [2.45, 2.75) is 129 Å². The Morgan fingerprint density at radius 1 is 0.246 bits per heavy atom. The van der Waals surface area contributed by atoms with Gasteiger partial charge in [-0.25, -0.2) is 0 Å². The summed E-state index contributed by atoms with van der Waals surface area (Å²) in [7, 11) is 0. The average Bonchev–Trinajstić information content (AvgIpc) is 3.22. The van der Waals surface area contributed by atoms with Gasteiger partial charge in [0.05, 0.1) is 139 Å². The van der Waals surface area contributed by atoms with Crippen molar-refractivity contribution in [1.29, 1.82) is 0 Å². The molecule has 13 nitrogen and oxygen atoms in total. The average molecular weight is 825 g/mol. The molecular formula is C44H88O13. The van der Waals surface area contributed by atoms with E-state index in [1.165, 1.54) is 89.9 Å². The number of hydrogen-bond acceptors (Lipinski definition) is 13. The highest BCUT2D eigenvalue weighted by molar-refractivity contribution is 5.69. The first-order valence-electron chi connectivity index (χ1n) is 22.8. The second-order valence-electron chi connectivity index (χ2n) is 14.0. The summed E-state index contributed by atoms with van der Waals surface area (Å²) in [5.74, 6) is -0.131. The molecule has 0 heterocycles. The van der Waals surface area contributed by atoms with Crippen molar-refractivity contribution in [3.63, 3.8) is 0 Å². The molecule has 0 radical (unpaired) electrons. The SMILES string of the molecule is CCCCCCCCCCCCCCCC(=O)OCCOCCOCCOCCOCCOCCOCCOCCOCCOCCOCCOCCCCCC. The summed E-state index contributed by atoms with van der Waals surface area (Å²) in [5.41, 5.74) is 0. The van der Waals surface area contributed by atoms with Gasteiger partial charge >= 0.3 is 5.97 Å². The largest absolute Gasteiger partial charge is 0.463 e. The predicted molar refractivity (Wildman–Crippen MR) is 224 cm³/mol. The maximum absolute atomic E-state index is 11.9. The number of carbonyl (C=O) groups excluding carboxylic acids is 1. The van der Waals surface area contributed by atoms with Gasteiger partial charge < -0.3 is 56.8 Å². The summed E-state index contributed by atoms with van der Waals surface area (Å²) < 4.78 is 65.8. The molecule has 57 heavy (non-hydrogen) atoms. The Kier molecular flexibility index (Phi) is 52.1. The first kappa shape index (κ1) is 56.0. The molecule has 0 rings (SSSR count). The highest BCUT2D eigenvalue weighted by Gasteiger charge is 2.03. The first-order chi connectivity index (χ1) is 28.3. The van der Waals surface area contributed by atoms with Gasteiger partial charge in [0, 0.05) is 13.0 Å². The van der Waals surface area contributed by atoms with Crippen LogP contribution in [0.3, 0.4) is 0 Å². The van der Waals surface area contributed by atoms with Crippen LogP contribution in [0.2, 0.25) is 0 Å². The monoisotopic (exact) mass is 825 g/mol. The van der Waals surface area contributed by atoms with Crippen molar-refractivity contribution in [2.75, 3.05) is 152 Å². The molecule has 0 saturated carbocycles. The molecule has 342 valence electrons. The number of ether oxygens (including phenoxy) is 12. The molecule has 0 saturated heterocycles. The third-order valence-electron chi connectivity index (χ3n) is 8.84. The highest BCUT2D eigenvalue weighted by Crippen LogP contribution is 2.13. The number of hydrogen-bond donors (Lipinski definition) is 0. The Bertz CT molecular complexity index is 734. The molecule has 0 aromatic carbocycles. The Hall–Kier alpha value is -0.970. The van der Waals surface area contributed by atoms with Crippen LogP contribution in [-0.4, -0.2) is 158 Å². The van der Waals surface area contributed by atoms with Crippen LogP contribution in [0.25, 0.3) is 0 Å². The second-order valence-corrected chi connectivity index (χ2v) is 14.0. The van der Waals surface area contributed by atoms with Gasteiger partial charge in [-0.3, -0.25) is 4.79 Å². The van der Waals surface area contributed by atoms with Crippen molar-refractivity contribution in [1.82, 2.24) is 0 Å². The van der Waals surface area contributed by atoms with Gasteiger partial charge in [0.2, 0.25) is 0 Å². The van der Waals surface area contributed by atoms with E-state index in [0.29, 0.717) is 145 Å². The molecule has 0 spiro atoms. The van der Waals surface area contributed by atoms with Crippen LogP contribution in [0.5, 0.6) is 0 Å². The van der Waals surface area contributed by atoms with E-state index >= 15 is 0 Å². The van der Waals surface area contributed by atoms with Gasteiger partial charge in [0.1, 0.15) is 6.61 Å². The van der Waals surface area contributed by atoms with Gasteiger partial charge in [-0.05, 0) is 12.8 Å². The van der Waals surface area contributed by atoms with Gasteiger partial charge in [-0.1, -0.05) is 110 Å². The predicted octanol–water partition coefficient (Wildman–Crippen LogP) is 7.77. The Labute approximate surface area is 348 Å². The molecule has 13 heteroatoms. The van der Waals surface area contributed by atoms with Gasteiger partial charge in [0.15, 0.2) is 0 Å². The van der Waals surface area contributed by atoms with Crippen molar-refractivity contribution in [3.05, 3.63) is 0 Å². The second kappa shape index (κ2) is 53.0. The van der Waals surface area contributed by atoms with Gasteiger partial charge in [0.25, 0.3) is 0 Å². The summed E-state index contributed by atoms with van der Waals surface area (Å²) in [4.78, 5) is 11.9. The van der Waals surface area contributed by atoms with Gasteiger partial charge in [-0.2, -0.15) is 0 Å². The van der Waals surface area contributed by atoms with E-state index in [9.17, 15) is 4.79 Å². The summed E-state index contributed by atoms with van der Waals surface area (Å²) in [6, 6.07) is 0. The smallest absolute Gasteiger partial charge is 0.305 e. The van der Waals surface area contributed by atoms with Crippen molar-refractivity contribution in [2.24, 2.45) is 0 Å². The lowest BCUT2D eigenvalue weighted by Crippen LogP contribution is -2.15. The van der Waals surface area contributed by atoms with E-state index in [2.05, 4.69) is 13.8 Å². The highest BCUT2D eigenvalue weighted by atomic mass is 16.6. The van der Waals surface area contributed by atoms with E-state index in [1.807, 2.05) is 0 Å². The van der Waals surface area contributed by atoms with E-state index < -0.39 is 0 Å². The minimum absolute atomic E-state index is 0.131. The normalized spacial score (nSPS) is 11.5. The van der Waals surface area contributed by atoms with E-state index in [-0.39, 0.29) is 12.6 Å². The summed E-state index contributed by atoms with van der Waals surface area (Å²) >= 11 is 0. The van der Waals surface area contributed by atoms with Crippen LogP contribution < -0.4 is 0 Å². The topological polar surface area (TPSA) is 128 Å². The summed E-state index contributed by atoms with van der Waals surface area (Å²) in [5, 5.41) is 0. The molecule has 0 aliphatic rings. The third kappa shape index (κ3) is 53.0. The van der Waals surface area contributed by atoms with E-state index in [0.717, 1.165) is 25.9 Å². The van der Waals surface area contributed by atoms with Crippen LogP contribution in [-0.2, 0) is 61.6 Å². The van der Waals surface area contributed by atoms with E-state index in [1.54, 1.807) is 0 Å². The maximum atomic E-state index is 11.9. The zero-order valence-corrected chi connectivity index (χ0v) is 36.8. The Morgan fingerprint density at radius 3 is 0.737 bits per heavy atom. The first-order valence-corrected chi connectivity index (χ1v) is 22.8. The molecule has 0 N–H and O–H groups in total. The molecule has 0 bridgehead atoms. The fraction of sp³-hybridized carbons (Fsp3) is 0.977. The van der Waals surface area contributed by atoms with Crippen LogP contribution in [0.15, 0.2) is 0 Å². The molecule has 0 aliphatic carbocycles. The van der Waals surface area contributed by atoms with Gasteiger partial charge in [-0.15, -0.1) is 0 Å². The number of rotatable bonds is 52. The Morgan fingerprint density at radius 2 is 0.456 bits per heavy atom. The minimum atomic E-state index is -0.131. The lowest BCUT2D eigenvalue weighted by molar-refractivity contribution is -0.145. The fourth-order valence-electron chi connectivity index (χ4n) is 5.51. The van der Waals surface area contributed by atoms with Crippen LogP contribution in [0.4, 0.5) is 0 Å². The zero-order chi connectivity index (χ0) is 41.1. The quantitative estimate of drug-likeness (QED) is 0.0438. The molecule has 0 amide bonds. The van der Waals surface area contributed by atoms with Crippen molar-refractivity contribution < 1.29 is 61.6 Å². The molecule has 0 fully saturated rings. The zero-order valence-electron chi connectivity index (χ0n) is 36.8. The lowest BCUT2D eigenvalue weighted by Gasteiger charge is -2.09. The molecule has 0 unspecified atom stereocenters. The molecule has 0 aliphatic heterocycles. The maximum Gasteiger partial charge on any atom is 0.305 e. The number of carbonyl (C=O) groups is 1. The Balaban J connectivity index is 3.12. The minimum Gasteiger partial charge on any atom is -0.463 e. The summed E-state index contributed by atoms with van der Waals surface area (Å²) in [6.07, 6.45) is 22.2. The molecule has 0 atom stereocenters. The standard InChI is InChI=1S/C44H88O13/c1-3-5-7-9-10-11-12-13-14-15-16-17-18-20-44(45)57-43-42-56-41-40-55-39-38-54-37-36-53-35-34-52-33-32-51-31-30-50-29-28-49-27-26-48-25-24-47-23-22-46-21-19-8-6-4-2/h3-43H2,1-2H3. The van der Waals surface area contributed by atoms with Crippen molar-refractivity contribution >= 4 is 5.97 Å². The summed E-state index contributed by atoms with van der Waals surface area (Å²) in [6.45, 7) is 16.4. The van der Waals surface area contributed by atoms with Crippen molar-refractivity contribution in [3.8, 4) is 0 Å². The van der Waals surface area contributed by atoms with Crippen LogP contribution >= 0.6 is 0 Å². The fourth-order valence-corrected chi connectivity index (χ4v) is 5.51. The third-order valence-corrected chi connectivity index (χ3v) is 8.84. The molecular weight excluding hydrogens is 736 g/mol. The number of esters is 1. The number of unbranched alkanes of at least 4 members (excludes halogenated alkanes) is 15. The molecule has 0 aromatic rings.